The van der Waals surface area contributed by atoms with Gasteiger partial charge in [0.1, 0.15) is 0 Å². The van der Waals surface area contributed by atoms with E-state index in [2.05, 4.69) is 28.8 Å². The van der Waals surface area contributed by atoms with Gasteiger partial charge < -0.3 is 20.6 Å². The molecule has 1 aliphatic heterocycles. The maximum atomic E-state index is 11.1. The van der Waals surface area contributed by atoms with Gasteiger partial charge in [-0.25, -0.2) is 4.79 Å². The lowest BCUT2D eigenvalue weighted by Crippen LogP contribution is -2.48. The van der Waals surface area contributed by atoms with Gasteiger partial charge in [-0.15, -0.1) is 0 Å². The maximum absolute atomic E-state index is 11.1. The number of carboxylic acids is 1. The van der Waals surface area contributed by atoms with E-state index in [1.165, 1.54) is 0 Å². The smallest absolute Gasteiger partial charge is 0.337 e. The number of hydrogen-bond acceptors (Lipinski definition) is 5. The molecule has 0 saturated carbocycles. The zero-order chi connectivity index (χ0) is 15.4. The number of nitrogens with zero attached hydrogens (tertiary/aromatic N) is 3. The predicted octanol–water partition coefficient (Wildman–Crippen LogP) is 0.651. The number of piperazine rings is 1. The summed E-state index contributed by atoms with van der Waals surface area (Å²) in [5.41, 5.74) is 7.39. The van der Waals surface area contributed by atoms with E-state index in [4.69, 9.17) is 10.8 Å². The van der Waals surface area contributed by atoms with Crippen LogP contribution in [-0.2, 0) is 0 Å². The molecule has 0 bridgehead atoms. The molecule has 0 aliphatic carbocycles. The molecule has 0 unspecified atom stereocenters. The van der Waals surface area contributed by atoms with Gasteiger partial charge in [-0.2, -0.15) is 0 Å². The van der Waals surface area contributed by atoms with Crippen LogP contribution >= 0.6 is 0 Å². The van der Waals surface area contributed by atoms with Crippen molar-refractivity contribution in [3.8, 4) is 0 Å². The first-order chi connectivity index (χ1) is 9.99. The Kier molecular flexibility index (Phi) is 5.03. The van der Waals surface area contributed by atoms with Crippen molar-refractivity contribution in [1.82, 2.24) is 9.80 Å². The van der Waals surface area contributed by atoms with Crippen molar-refractivity contribution in [3.05, 3.63) is 23.8 Å². The number of anilines is 2. The van der Waals surface area contributed by atoms with Crippen LogP contribution in [0.4, 0.5) is 11.4 Å². The van der Waals surface area contributed by atoms with E-state index in [1.807, 2.05) is 6.07 Å². The Morgan fingerprint density at radius 2 is 1.95 bits per heavy atom. The molecule has 0 atom stereocenters. The van der Waals surface area contributed by atoms with E-state index in [1.54, 1.807) is 12.1 Å². The van der Waals surface area contributed by atoms with Gasteiger partial charge in [0, 0.05) is 39.3 Å². The van der Waals surface area contributed by atoms with E-state index >= 15 is 0 Å². The van der Waals surface area contributed by atoms with Gasteiger partial charge in [-0.3, -0.25) is 4.90 Å². The molecule has 1 aliphatic rings. The van der Waals surface area contributed by atoms with E-state index in [0.717, 1.165) is 45.0 Å². The van der Waals surface area contributed by atoms with Crippen LogP contribution in [0.15, 0.2) is 18.2 Å². The molecule has 3 N–H and O–H groups in total. The summed E-state index contributed by atoms with van der Waals surface area (Å²) in [6.45, 7) is 5.82. The van der Waals surface area contributed by atoms with Crippen LogP contribution in [0.25, 0.3) is 0 Å². The molecule has 6 heteroatoms. The topological polar surface area (TPSA) is 73.0 Å². The van der Waals surface area contributed by atoms with E-state index < -0.39 is 5.97 Å². The maximum Gasteiger partial charge on any atom is 0.337 e. The monoisotopic (exact) mass is 292 g/mol. The third-order valence-electron chi connectivity index (χ3n) is 3.89. The first kappa shape index (κ1) is 15.6. The Morgan fingerprint density at radius 3 is 2.52 bits per heavy atom. The molecule has 116 valence electrons. The Morgan fingerprint density at radius 1 is 1.29 bits per heavy atom. The molecule has 0 amide bonds. The van der Waals surface area contributed by atoms with Crippen molar-refractivity contribution in [3.63, 3.8) is 0 Å². The highest BCUT2D eigenvalue weighted by molar-refractivity contribution is 5.97. The lowest BCUT2D eigenvalue weighted by molar-refractivity contribution is 0.0698. The van der Waals surface area contributed by atoms with Gasteiger partial charge in [0.25, 0.3) is 0 Å². The molecule has 1 fully saturated rings. The minimum absolute atomic E-state index is 0.183. The summed E-state index contributed by atoms with van der Waals surface area (Å²) in [7, 11) is 4.16. The lowest BCUT2D eigenvalue weighted by atomic mass is 10.1. The first-order valence-electron chi connectivity index (χ1n) is 7.23. The normalized spacial score (nSPS) is 16.4. The van der Waals surface area contributed by atoms with Crippen molar-refractivity contribution in [2.75, 3.05) is 64.0 Å². The van der Waals surface area contributed by atoms with Crippen LogP contribution < -0.4 is 10.6 Å². The first-order valence-corrected chi connectivity index (χ1v) is 7.23. The summed E-state index contributed by atoms with van der Waals surface area (Å²) >= 11 is 0. The average Bonchev–Trinajstić information content (AvgIpc) is 2.45. The number of hydrogen-bond donors (Lipinski definition) is 2. The van der Waals surface area contributed by atoms with E-state index in [9.17, 15) is 4.79 Å². The van der Waals surface area contributed by atoms with E-state index in [-0.39, 0.29) is 5.56 Å². The van der Waals surface area contributed by atoms with Gasteiger partial charge in [0.2, 0.25) is 0 Å². The highest BCUT2D eigenvalue weighted by Gasteiger charge is 2.20. The number of benzene rings is 1. The van der Waals surface area contributed by atoms with E-state index in [0.29, 0.717) is 5.69 Å². The van der Waals surface area contributed by atoms with Crippen molar-refractivity contribution in [2.45, 2.75) is 0 Å². The number of nitrogens with two attached hydrogens (primary N) is 1. The fourth-order valence-electron chi connectivity index (χ4n) is 2.57. The zero-order valence-corrected chi connectivity index (χ0v) is 12.7. The molecule has 0 aromatic heterocycles. The van der Waals surface area contributed by atoms with Gasteiger partial charge in [0.05, 0.1) is 16.9 Å². The van der Waals surface area contributed by atoms with Crippen LogP contribution in [0.3, 0.4) is 0 Å². The number of carbonyl (C=O) groups is 1. The molecule has 21 heavy (non-hydrogen) atoms. The van der Waals surface area contributed by atoms with Gasteiger partial charge >= 0.3 is 5.97 Å². The number of rotatable bonds is 5. The molecule has 6 nitrogen and oxygen atoms in total. The van der Waals surface area contributed by atoms with Crippen molar-refractivity contribution < 1.29 is 9.90 Å². The van der Waals surface area contributed by atoms with Gasteiger partial charge in [-0.1, -0.05) is 6.07 Å². The van der Waals surface area contributed by atoms with Crippen LogP contribution in [0.2, 0.25) is 0 Å². The third-order valence-corrected chi connectivity index (χ3v) is 3.89. The standard InChI is InChI=1S/C15H24N4O2/c1-17(2)6-7-18-8-10-19(11-9-18)13-5-3-4-12(14(13)16)15(20)21/h3-5H,6-11,16H2,1-2H3,(H,20,21). The summed E-state index contributed by atoms with van der Waals surface area (Å²) < 4.78 is 0. The molecule has 0 spiro atoms. The molecule has 1 aromatic rings. The quantitative estimate of drug-likeness (QED) is 0.776. The number of nitrogen functional groups attached to an aromatic ring is 1. The molecular formula is C15H24N4O2. The molecule has 1 aromatic carbocycles. The Hall–Kier alpha value is -1.79. The molecule has 0 radical (unpaired) electrons. The number of likely N-dealkylation sites (N-methyl/N-ethyl adjacent to an activating group) is 1. The van der Waals surface area contributed by atoms with Crippen molar-refractivity contribution in [1.29, 1.82) is 0 Å². The summed E-state index contributed by atoms with van der Waals surface area (Å²) in [5.74, 6) is -0.973. The zero-order valence-electron chi connectivity index (χ0n) is 12.7. The fraction of sp³-hybridized carbons (Fsp3) is 0.533. The summed E-state index contributed by atoms with van der Waals surface area (Å²) in [6.07, 6.45) is 0. The predicted molar refractivity (Wildman–Crippen MR) is 85.0 cm³/mol. The minimum Gasteiger partial charge on any atom is -0.478 e. The van der Waals surface area contributed by atoms with Crippen LogP contribution in [0.1, 0.15) is 10.4 Å². The van der Waals surface area contributed by atoms with Crippen LogP contribution in [0, 0.1) is 0 Å². The van der Waals surface area contributed by atoms with Crippen molar-refractivity contribution >= 4 is 17.3 Å². The second kappa shape index (κ2) is 6.78. The van der Waals surface area contributed by atoms with Gasteiger partial charge in [0.15, 0.2) is 0 Å². The lowest BCUT2D eigenvalue weighted by Gasteiger charge is -2.37. The fourth-order valence-corrected chi connectivity index (χ4v) is 2.57. The largest absolute Gasteiger partial charge is 0.478 e. The average molecular weight is 292 g/mol. The molecule has 1 heterocycles. The summed E-state index contributed by atoms with van der Waals surface area (Å²) in [5, 5.41) is 9.14. The highest BCUT2D eigenvalue weighted by Crippen LogP contribution is 2.27. The minimum atomic E-state index is -0.973. The molecule has 2 rings (SSSR count). The molecule has 1 saturated heterocycles. The SMILES string of the molecule is CN(C)CCN1CCN(c2cccc(C(=O)O)c2N)CC1. The Bertz CT molecular complexity index is 496. The number of aromatic carboxylic acids is 1. The van der Waals surface area contributed by atoms with Gasteiger partial charge in [-0.05, 0) is 26.2 Å². The third kappa shape index (κ3) is 3.86. The molecular weight excluding hydrogens is 268 g/mol. The van der Waals surface area contributed by atoms with Crippen LogP contribution in [0.5, 0.6) is 0 Å². The van der Waals surface area contributed by atoms with Crippen molar-refractivity contribution in [2.24, 2.45) is 0 Å². The number of carboxylic acid groups (broad SMARTS) is 1. The summed E-state index contributed by atoms with van der Waals surface area (Å²) in [4.78, 5) is 17.9. The second-order valence-electron chi connectivity index (χ2n) is 5.68. The van der Waals surface area contributed by atoms with Crippen LogP contribution in [-0.4, -0.2) is 74.2 Å². The Balaban J connectivity index is 1.99. The summed E-state index contributed by atoms with van der Waals surface area (Å²) in [6, 6.07) is 5.21. The Labute approximate surface area is 125 Å². The number of para-hydroxylation sites is 1. The highest BCUT2D eigenvalue weighted by atomic mass is 16.4. The second-order valence-corrected chi connectivity index (χ2v) is 5.68.